The Morgan fingerprint density at radius 1 is 1.17 bits per heavy atom. The van der Waals surface area contributed by atoms with Crippen LogP contribution in [0.2, 0.25) is 0 Å². The number of amides is 1. The highest BCUT2D eigenvalue weighted by atomic mass is 19.1. The zero-order valence-corrected chi connectivity index (χ0v) is 9.60. The zero-order valence-electron chi connectivity index (χ0n) is 9.60. The number of hydrogen-bond donors (Lipinski definition) is 1. The van der Waals surface area contributed by atoms with E-state index in [-0.39, 0.29) is 17.9 Å². The number of rotatable bonds is 4. The van der Waals surface area contributed by atoms with Gasteiger partial charge in [-0.05, 0) is 23.8 Å². The molecule has 0 spiro atoms. The fourth-order valence-corrected chi connectivity index (χ4v) is 1.51. The molecule has 0 fully saturated rings. The van der Waals surface area contributed by atoms with E-state index in [2.05, 4.69) is 0 Å². The second-order valence-electron chi connectivity index (χ2n) is 3.78. The predicted molar refractivity (Wildman–Crippen MR) is 65.7 cm³/mol. The van der Waals surface area contributed by atoms with E-state index in [1.165, 1.54) is 12.1 Å². The van der Waals surface area contributed by atoms with E-state index in [9.17, 15) is 9.18 Å². The van der Waals surface area contributed by atoms with Crippen molar-refractivity contribution in [2.45, 2.75) is 6.61 Å². The molecule has 2 rings (SSSR count). The lowest BCUT2D eigenvalue weighted by Gasteiger charge is -2.07. The van der Waals surface area contributed by atoms with Crippen molar-refractivity contribution >= 4 is 5.91 Å². The highest BCUT2D eigenvalue weighted by molar-refractivity contribution is 5.92. The maximum Gasteiger partial charge on any atom is 0.248 e. The largest absolute Gasteiger partial charge is 0.486 e. The van der Waals surface area contributed by atoms with Gasteiger partial charge in [-0.25, -0.2) is 4.39 Å². The average molecular weight is 245 g/mol. The van der Waals surface area contributed by atoms with Gasteiger partial charge in [-0.15, -0.1) is 0 Å². The molecule has 0 aliphatic carbocycles. The third-order valence-electron chi connectivity index (χ3n) is 2.45. The third-order valence-corrected chi connectivity index (χ3v) is 2.45. The van der Waals surface area contributed by atoms with E-state index in [1.54, 1.807) is 0 Å². The van der Waals surface area contributed by atoms with Crippen LogP contribution in [0.3, 0.4) is 0 Å². The summed E-state index contributed by atoms with van der Waals surface area (Å²) in [6, 6.07) is 13.3. The molecular formula is C14H12FNO2. The maximum atomic E-state index is 13.6. The Labute approximate surface area is 104 Å². The van der Waals surface area contributed by atoms with Crippen LogP contribution >= 0.6 is 0 Å². The Bertz CT molecular complexity index is 555. The van der Waals surface area contributed by atoms with E-state index >= 15 is 0 Å². The van der Waals surface area contributed by atoms with Gasteiger partial charge in [0, 0.05) is 5.56 Å². The second kappa shape index (κ2) is 5.31. The van der Waals surface area contributed by atoms with Gasteiger partial charge in [0.05, 0.1) is 0 Å². The van der Waals surface area contributed by atoms with Crippen molar-refractivity contribution in [1.29, 1.82) is 0 Å². The van der Waals surface area contributed by atoms with Crippen LogP contribution in [0.25, 0.3) is 0 Å². The van der Waals surface area contributed by atoms with Gasteiger partial charge >= 0.3 is 0 Å². The quantitative estimate of drug-likeness (QED) is 0.899. The molecular weight excluding hydrogens is 233 g/mol. The molecule has 0 aliphatic heterocycles. The molecule has 2 aromatic rings. The average Bonchev–Trinajstić information content (AvgIpc) is 2.38. The van der Waals surface area contributed by atoms with Crippen molar-refractivity contribution in [3.63, 3.8) is 0 Å². The molecule has 0 atom stereocenters. The molecule has 0 saturated carbocycles. The van der Waals surface area contributed by atoms with Gasteiger partial charge < -0.3 is 10.5 Å². The van der Waals surface area contributed by atoms with Gasteiger partial charge in [0.1, 0.15) is 6.61 Å². The summed E-state index contributed by atoms with van der Waals surface area (Å²) in [7, 11) is 0. The predicted octanol–water partition coefficient (Wildman–Crippen LogP) is 2.50. The Balaban J connectivity index is 2.08. The molecule has 0 unspecified atom stereocenters. The lowest BCUT2D eigenvalue weighted by molar-refractivity contribution is 0.0999. The van der Waals surface area contributed by atoms with Gasteiger partial charge in [0.2, 0.25) is 5.91 Å². The van der Waals surface area contributed by atoms with Gasteiger partial charge in [0.15, 0.2) is 11.6 Å². The Hall–Kier alpha value is -2.36. The van der Waals surface area contributed by atoms with Crippen LogP contribution in [0.4, 0.5) is 4.39 Å². The summed E-state index contributed by atoms with van der Waals surface area (Å²) in [6.07, 6.45) is 0. The molecule has 3 nitrogen and oxygen atoms in total. The van der Waals surface area contributed by atoms with Crippen LogP contribution in [0.5, 0.6) is 5.75 Å². The van der Waals surface area contributed by atoms with Crippen molar-refractivity contribution in [2.24, 2.45) is 5.73 Å². The number of primary amides is 1. The molecule has 2 aromatic carbocycles. The van der Waals surface area contributed by atoms with Crippen molar-refractivity contribution in [2.75, 3.05) is 0 Å². The second-order valence-corrected chi connectivity index (χ2v) is 3.78. The topological polar surface area (TPSA) is 52.3 Å². The number of ether oxygens (including phenoxy) is 1. The van der Waals surface area contributed by atoms with Gasteiger partial charge in [0.25, 0.3) is 0 Å². The van der Waals surface area contributed by atoms with E-state index < -0.39 is 11.7 Å². The molecule has 0 radical (unpaired) electrons. The SMILES string of the molecule is NC(=O)c1ccc(OCc2ccccc2)c(F)c1. The highest BCUT2D eigenvalue weighted by Crippen LogP contribution is 2.19. The third kappa shape index (κ3) is 2.85. The fraction of sp³-hybridized carbons (Fsp3) is 0.0714. The summed E-state index contributed by atoms with van der Waals surface area (Å²) < 4.78 is 18.9. The van der Waals surface area contributed by atoms with Crippen LogP contribution < -0.4 is 10.5 Å². The Kier molecular flexibility index (Phi) is 3.57. The monoisotopic (exact) mass is 245 g/mol. The molecule has 92 valence electrons. The summed E-state index contributed by atoms with van der Waals surface area (Å²) >= 11 is 0. The Morgan fingerprint density at radius 2 is 1.89 bits per heavy atom. The van der Waals surface area contributed by atoms with Crippen molar-refractivity contribution in [1.82, 2.24) is 0 Å². The van der Waals surface area contributed by atoms with Crippen LogP contribution in [-0.4, -0.2) is 5.91 Å². The minimum Gasteiger partial charge on any atom is -0.486 e. The van der Waals surface area contributed by atoms with Gasteiger partial charge in [-0.1, -0.05) is 30.3 Å². The smallest absolute Gasteiger partial charge is 0.248 e. The summed E-state index contributed by atoms with van der Waals surface area (Å²) in [5.41, 5.74) is 6.12. The van der Waals surface area contributed by atoms with Crippen LogP contribution in [0, 0.1) is 5.82 Å². The molecule has 0 aromatic heterocycles. The minimum atomic E-state index is -0.663. The zero-order chi connectivity index (χ0) is 13.0. The number of hydrogen-bond acceptors (Lipinski definition) is 2. The molecule has 0 saturated heterocycles. The molecule has 4 heteroatoms. The lowest BCUT2D eigenvalue weighted by Crippen LogP contribution is -2.11. The first-order valence-electron chi connectivity index (χ1n) is 5.43. The highest BCUT2D eigenvalue weighted by Gasteiger charge is 2.07. The lowest BCUT2D eigenvalue weighted by atomic mass is 10.2. The minimum absolute atomic E-state index is 0.101. The number of benzene rings is 2. The fourth-order valence-electron chi connectivity index (χ4n) is 1.51. The van der Waals surface area contributed by atoms with Crippen LogP contribution in [0.1, 0.15) is 15.9 Å². The van der Waals surface area contributed by atoms with E-state index in [0.29, 0.717) is 0 Å². The number of carbonyl (C=O) groups is 1. The van der Waals surface area contributed by atoms with E-state index in [4.69, 9.17) is 10.5 Å². The number of halogens is 1. The molecule has 18 heavy (non-hydrogen) atoms. The summed E-state index contributed by atoms with van der Waals surface area (Å²) in [4.78, 5) is 10.9. The van der Waals surface area contributed by atoms with Crippen molar-refractivity contribution < 1.29 is 13.9 Å². The molecule has 0 bridgehead atoms. The molecule has 0 heterocycles. The number of carbonyl (C=O) groups excluding carboxylic acids is 1. The first-order chi connectivity index (χ1) is 8.66. The molecule has 0 aliphatic rings. The molecule has 2 N–H and O–H groups in total. The van der Waals surface area contributed by atoms with Gasteiger partial charge in [-0.2, -0.15) is 0 Å². The van der Waals surface area contributed by atoms with E-state index in [1.807, 2.05) is 30.3 Å². The van der Waals surface area contributed by atoms with Gasteiger partial charge in [-0.3, -0.25) is 4.79 Å². The maximum absolute atomic E-state index is 13.6. The van der Waals surface area contributed by atoms with Crippen LogP contribution in [0.15, 0.2) is 48.5 Å². The summed E-state index contributed by atoms with van der Waals surface area (Å²) in [5.74, 6) is -1.16. The first-order valence-corrected chi connectivity index (χ1v) is 5.43. The summed E-state index contributed by atoms with van der Waals surface area (Å²) in [6.45, 7) is 0.272. The van der Waals surface area contributed by atoms with E-state index in [0.717, 1.165) is 11.6 Å². The normalized spacial score (nSPS) is 10.1. The van der Waals surface area contributed by atoms with Crippen molar-refractivity contribution in [3.8, 4) is 5.75 Å². The van der Waals surface area contributed by atoms with Crippen LogP contribution in [-0.2, 0) is 6.61 Å². The first kappa shape index (κ1) is 12.1. The number of nitrogens with two attached hydrogens (primary N) is 1. The van der Waals surface area contributed by atoms with Crippen molar-refractivity contribution in [3.05, 3.63) is 65.5 Å². The molecule has 1 amide bonds. The summed E-state index contributed by atoms with van der Waals surface area (Å²) in [5, 5.41) is 0. The Morgan fingerprint density at radius 3 is 2.50 bits per heavy atom. The standard InChI is InChI=1S/C14H12FNO2/c15-12-8-11(14(16)17)6-7-13(12)18-9-10-4-2-1-3-5-10/h1-8H,9H2,(H2,16,17).